The fraction of sp³-hybridized carbons (Fsp3) is 0.200. The smallest absolute Gasteiger partial charge is 0.178 e. The van der Waals surface area contributed by atoms with E-state index in [9.17, 15) is 10.2 Å². The number of aromatic hydroxyl groups is 2. The van der Waals surface area contributed by atoms with Gasteiger partial charge in [-0.1, -0.05) is 0 Å². The maximum Gasteiger partial charge on any atom is 0.178 e. The van der Waals surface area contributed by atoms with Crippen LogP contribution in [0.1, 0.15) is 16.7 Å². The Morgan fingerprint density at radius 2 is 1.03 bits per heavy atom. The lowest BCUT2D eigenvalue weighted by Crippen LogP contribution is -2.03. The topological polar surface area (TPSA) is 175 Å². The zero-order chi connectivity index (χ0) is 27.1. The van der Waals surface area contributed by atoms with Gasteiger partial charge in [0, 0.05) is 62.4 Å². The molecule has 3 heterocycles. The number of nitrogens with two attached hydrogens (primary N) is 3. The van der Waals surface area contributed by atoms with E-state index in [1.807, 2.05) is 42.9 Å². The van der Waals surface area contributed by atoms with Gasteiger partial charge in [0.15, 0.2) is 11.5 Å². The number of aromatic amines is 3. The monoisotopic (exact) mass is 524 g/mol. The minimum Gasteiger partial charge on any atom is -0.507 e. The lowest BCUT2D eigenvalue weighted by atomic mass is 9.92. The summed E-state index contributed by atoms with van der Waals surface area (Å²) in [5, 5.41) is 24.9. The predicted molar refractivity (Wildman–Crippen MR) is 156 cm³/mol. The van der Waals surface area contributed by atoms with Crippen molar-refractivity contribution < 1.29 is 14.9 Å². The molecule has 0 radical (unpaired) electrons. The van der Waals surface area contributed by atoms with Gasteiger partial charge in [0.2, 0.25) is 0 Å². The SMILES string of the molecule is NCCc1c[nH]c2ccc(O)c(Oc3ccc4[nH]cc(CCN)c4c3-c3c(O)ccc4[nH]cc(CCN)c34)c12. The molecule has 11 N–H and O–H groups in total. The van der Waals surface area contributed by atoms with Crippen LogP contribution in [0.15, 0.2) is 55.0 Å². The Bertz CT molecular complexity index is 1810. The lowest BCUT2D eigenvalue weighted by Gasteiger charge is -2.18. The summed E-state index contributed by atoms with van der Waals surface area (Å²) >= 11 is 0. The zero-order valence-electron chi connectivity index (χ0n) is 21.5. The van der Waals surface area contributed by atoms with Crippen LogP contribution in [-0.2, 0) is 19.3 Å². The maximum atomic E-state index is 11.4. The first-order valence-corrected chi connectivity index (χ1v) is 13.1. The summed E-state index contributed by atoms with van der Waals surface area (Å²) in [6.45, 7) is 1.38. The Balaban J connectivity index is 1.68. The number of phenols is 2. The van der Waals surface area contributed by atoms with E-state index in [1.165, 1.54) is 0 Å². The molecule has 9 heteroatoms. The van der Waals surface area contributed by atoms with Gasteiger partial charge in [-0.2, -0.15) is 0 Å². The van der Waals surface area contributed by atoms with Crippen molar-refractivity contribution in [2.24, 2.45) is 17.2 Å². The molecule has 0 aliphatic rings. The highest BCUT2D eigenvalue weighted by atomic mass is 16.5. The summed E-state index contributed by atoms with van der Waals surface area (Å²) in [5.74, 6) is 0.948. The fourth-order valence-electron chi connectivity index (χ4n) is 5.66. The molecule has 6 aromatic rings. The molecule has 0 amide bonds. The highest BCUT2D eigenvalue weighted by molar-refractivity contribution is 6.11. The van der Waals surface area contributed by atoms with Crippen LogP contribution < -0.4 is 21.9 Å². The van der Waals surface area contributed by atoms with Crippen molar-refractivity contribution in [1.29, 1.82) is 0 Å². The van der Waals surface area contributed by atoms with Crippen LogP contribution in [0.5, 0.6) is 23.0 Å². The van der Waals surface area contributed by atoms with Crippen LogP contribution in [-0.4, -0.2) is 44.8 Å². The first-order valence-electron chi connectivity index (χ1n) is 13.1. The van der Waals surface area contributed by atoms with Crippen molar-refractivity contribution in [3.05, 3.63) is 71.7 Å². The standard InChI is InChI=1S/C30H32N6O3/c31-10-7-16-13-34-19-1-4-22(37)28(25(16)19)29-24(6-3-20-26(29)17(8-11-32)14-35-20)39-30-23(38)5-2-21-27(30)18(9-12-33)15-36-21/h1-6,13-15,34-38H,7-12,31-33H2. The predicted octanol–water partition coefficient (Wildman–Crippen LogP) is 4.50. The van der Waals surface area contributed by atoms with E-state index in [-0.39, 0.29) is 11.5 Å². The highest BCUT2D eigenvalue weighted by Crippen LogP contribution is 2.49. The molecule has 0 saturated heterocycles. The normalized spacial score (nSPS) is 11.8. The third-order valence-corrected chi connectivity index (χ3v) is 7.36. The first-order chi connectivity index (χ1) is 19.0. The molecule has 3 aromatic carbocycles. The molecular weight excluding hydrogens is 492 g/mol. The van der Waals surface area contributed by atoms with E-state index in [4.69, 9.17) is 21.9 Å². The summed E-state index contributed by atoms with van der Waals surface area (Å²) in [6, 6.07) is 10.8. The van der Waals surface area contributed by atoms with Crippen LogP contribution in [0, 0.1) is 0 Å². The molecule has 0 unspecified atom stereocenters. The molecule has 0 saturated carbocycles. The largest absolute Gasteiger partial charge is 0.507 e. The van der Waals surface area contributed by atoms with E-state index in [0.717, 1.165) is 49.4 Å². The molecular formula is C30H32N6O3. The van der Waals surface area contributed by atoms with E-state index >= 15 is 0 Å². The number of nitrogens with one attached hydrogen (secondary N) is 3. The number of fused-ring (bicyclic) bond motifs is 3. The molecule has 0 atom stereocenters. The molecule has 39 heavy (non-hydrogen) atoms. The van der Waals surface area contributed by atoms with Gasteiger partial charge in [-0.15, -0.1) is 0 Å². The number of H-pyrrole nitrogens is 3. The van der Waals surface area contributed by atoms with E-state index in [2.05, 4.69) is 15.0 Å². The van der Waals surface area contributed by atoms with Crippen molar-refractivity contribution >= 4 is 32.7 Å². The molecule has 0 spiro atoms. The van der Waals surface area contributed by atoms with Crippen LogP contribution in [0.2, 0.25) is 0 Å². The minimum atomic E-state index is 0.00978. The van der Waals surface area contributed by atoms with Crippen LogP contribution in [0.25, 0.3) is 43.8 Å². The molecule has 3 aromatic heterocycles. The van der Waals surface area contributed by atoms with Gasteiger partial charge in [0.05, 0.1) is 0 Å². The van der Waals surface area contributed by atoms with Crippen molar-refractivity contribution in [3.63, 3.8) is 0 Å². The summed E-state index contributed by atoms with van der Waals surface area (Å²) in [4.78, 5) is 9.92. The number of ether oxygens (including phenoxy) is 1. The first kappa shape index (κ1) is 24.9. The van der Waals surface area contributed by atoms with Crippen LogP contribution >= 0.6 is 0 Å². The number of rotatable bonds is 9. The van der Waals surface area contributed by atoms with Gasteiger partial charge in [0.25, 0.3) is 0 Å². The molecule has 200 valence electrons. The molecule has 0 aliphatic heterocycles. The van der Waals surface area contributed by atoms with Gasteiger partial charge in [0.1, 0.15) is 11.5 Å². The molecule has 0 bridgehead atoms. The summed E-state index contributed by atoms with van der Waals surface area (Å²) in [6.07, 6.45) is 7.67. The van der Waals surface area contributed by atoms with Crippen molar-refractivity contribution in [2.75, 3.05) is 19.6 Å². The average molecular weight is 525 g/mol. The van der Waals surface area contributed by atoms with Gasteiger partial charge in [-0.25, -0.2) is 0 Å². The Labute approximate surface area is 224 Å². The van der Waals surface area contributed by atoms with Gasteiger partial charge in [-0.05, 0) is 92.0 Å². The zero-order valence-corrected chi connectivity index (χ0v) is 21.5. The number of hydrogen-bond donors (Lipinski definition) is 8. The van der Waals surface area contributed by atoms with E-state index in [0.29, 0.717) is 61.5 Å². The van der Waals surface area contributed by atoms with Gasteiger partial charge >= 0.3 is 0 Å². The van der Waals surface area contributed by atoms with Crippen LogP contribution in [0.4, 0.5) is 0 Å². The molecule has 0 fully saturated rings. The third-order valence-electron chi connectivity index (χ3n) is 7.36. The lowest BCUT2D eigenvalue weighted by molar-refractivity contribution is 0.416. The van der Waals surface area contributed by atoms with E-state index in [1.54, 1.807) is 12.1 Å². The van der Waals surface area contributed by atoms with E-state index < -0.39 is 0 Å². The second-order valence-electron chi connectivity index (χ2n) is 9.74. The average Bonchev–Trinajstić information content (AvgIpc) is 3.65. The maximum absolute atomic E-state index is 11.4. The van der Waals surface area contributed by atoms with Gasteiger partial charge < -0.3 is 47.1 Å². The summed E-state index contributed by atoms with van der Waals surface area (Å²) in [7, 11) is 0. The number of benzene rings is 3. The summed E-state index contributed by atoms with van der Waals surface area (Å²) < 4.78 is 6.64. The van der Waals surface area contributed by atoms with Crippen molar-refractivity contribution in [3.8, 4) is 34.1 Å². The van der Waals surface area contributed by atoms with Crippen LogP contribution in [0.3, 0.4) is 0 Å². The van der Waals surface area contributed by atoms with Crippen molar-refractivity contribution in [2.45, 2.75) is 19.3 Å². The Morgan fingerprint density at radius 3 is 1.59 bits per heavy atom. The van der Waals surface area contributed by atoms with Gasteiger partial charge in [-0.3, -0.25) is 0 Å². The quantitative estimate of drug-likeness (QED) is 0.138. The number of aromatic nitrogens is 3. The Morgan fingerprint density at radius 1 is 0.564 bits per heavy atom. The molecule has 9 nitrogen and oxygen atoms in total. The third kappa shape index (κ3) is 4.08. The highest BCUT2D eigenvalue weighted by Gasteiger charge is 2.24. The summed E-state index contributed by atoms with van der Waals surface area (Å²) in [5.41, 5.74) is 24.7. The molecule has 6 rings (SSSR count). The minimum absolute atomic E-state index is 0.00978. The number of hydrogen-bond acceptors (Lipinski definition) is 6. The second kappa shape index (κ2) is 10.0. The Kier molecular flexibility index (Phi) is 6.40. The fourth-order valence-corrected chi connectivity index (χ4v) is 5.66. The second-order valence-corrected chi connectivity index (χ2v) is 9.74. The molecule has 0 aliphatic carbocycles. The Hall–Kier alpha value is -4.44. The number of phenolic OH excluding ortho intramolecular Hbond substituents is 2. The van der Waals surface area contributed by atoms with Crippen molar-refractivity contribution in [1.82, 2.24) is 15.0 Å².